The van der Waals surface area contributed by atoms with Crippen LogP contribution in [0.1, 0.15) is 17.3 Å². The van der Waals surface area contributed by atoms with Gasteiger partial charge in [0.25, 0.3) is 5.91 Å². The fourth-order valence-electron chi connectivity index (χ4n) is 1.37. The summed E-state index contributed by atoms with van der Waals surface area (Å²) in [6, 6.07) is 6.55. The number of amides is 1. The van der Waals surface area contributed by atoms with Crippen molar-refractivity contribution < 1.29 is 14.7 Å². The first-order chi connectivity index (χ1) is 9.04. The zero-order chi connectivity index (χ0) is 14.3. The molecule has 0 bridgehead atoms. The Morgan fingerprint density at radius 2 is 1.95 bits per heavy atom. The Labute approximate surface area is 111 Å². The third-order valence-corrected chi connectivity index (χ3v) is 2.41. The third-order valence-electron chi connectivity index (χ3n) is 2.41. The maximum atomic E-state index is 11.7. The fraction of sp³-hybridized carbons (Fsp3) is 0.143. The van der Waals surface area contributed by atoms with Gasteiger partial charge in [-0.05, 0) is 31.2 Å². The van der Waals surface area contributed by atoms with Crippen LogP contribution in [-0.2, 0) is 4.79 Å². The van der Waals surface area contributed by atoms with Crippen LogP contribution in [0.2, 0.25) is 0 Å². The Balaban J connectivity index is 2.49. The summed E-state index contributed by atoms with van der Waals surface area (Å²) in [6.07, 6.45) is 4.52. The first kappa shape index (κ1) is 14.5. The average molecular weight is 260 g/mol. The number of carbonyl (C=O) groups is 2. The Morgan fingerprint density at radius 3 is 2.47 bits per heavy atom. The van der Waals surface area contributed by atoms with Crippen molar-refractivity contribution in [3.05, 3.63) is 53.6 Å². The van der Waals surface area contributed by atoms with Crippen LogP contribution in [0.4, 0.5) is 5.69 Å². The molecular formula is C14H16N2O3. The van der Waals surface area contributed by atoms with Gasteiger partial charge >= 0.3 is 5.97 Å². The van der Waals surface area contributed by atoms with E-state index in [2.05, 4.69) is 5.32 Å². The molecule has 1 rings (SSSR count). The molecule has 4 N–H and O–H groups in total. The molecule has 1 aromatic carbocycles. The molecule has 0 fully saturated rings. The van der Waals surface area contributed by atoms with E-state index in [1.807, 2.05) is 0 Å². The average Bonchev–Trinajstić information content (AvgIpc) is 2.38. The Morgan fingerprint density at radius 1 is 1.32 bits per heavy atom. The minimum Gasteiger partial charge on any atom is -0.478 e. The highest BCUT2D eigenvalue weighted by Gasteiger charge is 2.03. The van der Waals surface area contributed by atoms with Crippen LogP contribution in [0, 0.1) is 0 Å². The molecule has 0 unspecified atom stereocenters. The van der Waals surface area contributed by atoms with Crippen molar-refractivity contribution in [1.29, 1.82) is 0 Å². The van der Waals surface area contributed by atoms with Crippen molar-refractivity contribution in [2.45, 2.75) is 6.92 Å². The summed E-state index contributed by atoms with van der Waals surface area (Å²) in [5, 5.41) is 11.4. The summed E-state index contributed by atoms with van der Waals surface area (Å²) in [5.74, 6) is -1.23. The summed E-state index contributed by atoms with van der Waals surface area (Å²) < 4.78 is 0. The standard InChI is InChI=1S/C14H16N2O3/c1-2-10(14(18)19)4-3-9-16-13(17)11-5-7-12(15)8-6-11/h2-8H,9,15H2,1H3,(H,16,17)(H,18,19)/b4-3-,10-2+. The van der Waals surface area contributed by atoms with E-state index in [1.165, 1.54) is 12.2 Å². The number of nitrogens with one attached hydrogen (secondary N) is 1. The normalized spacial score (nSPS) is 11.5. The number of nitrogens with two attached hydrogens (primary N) is 1. The second-order valence-corrected chi connectivity index (χ2v) is 3.78. The number of nitrogen functional groups attached to an aromatic ring is 1. The number of hydrogen-bond donors (Lipinski definition) is 3. The lowest BCUT2D eigenvalue weighted by molar-refractivity contribution is -0.132. The van der Waals surface area contributed by atoms with Gasteiger partial charge in [0.1, 0.15) is 0 Å². The Kier molecular flexibility index (Phi) is 5.35. The van der Waals surface area contributed by atoms with Gasteiger partial charge in [-0.3, -0.25) is 4.79 Å². The second kappa shape index (κ2) is 7.00. The van der Waals surface area contributed by atoms with Crippen molar-refractivity contribution >= 4 is 17.6 Å². The molecule has 5 nitrogen and oxygen atoms in total. The molecule has 0 spiro atoms. The molecule has 0 aliphatic heterocycles. The van der Waals surface area contributed by atoms with Gasteiger partial charge in [-0.25, -0.2) is 4.79 Å². The van der Waals surface area contributed by atoms with E-state index in [1.54, 1.807) is 37.3 Å². The molecule has 0 atom stereocenters. The number of allylic oxidation sites excluding steroid dienone is 1. The smallest absolute Gasteiger partial charge is 0.335 e. The Bertz CT molecular complexity index is 516. The van der Waals surface area contributed by atoms with E-state index < -0.39 is 5.97 Å². The summed E-state index contributed by atoms with van der Waals surface area (Å²) in [6.45, 7) is 1.90. The van der Waals surface area contributed by atoms with Crippen LogP contribution < -0.4 is 11.1 Å². The molecule has 1 aromatic rings. The highest BCUT2D eigenvalue weighted by molar-refractivity contribution is 5.94. The molecule has 0 saturated carbocycles. The molecule has 0 heterocycles. The lowest BCUT2D eigenvalue weighted by Crippen LogP contribution is -2.23. The van der Waals surface area contributed by atoms with Crippen molar-refractivity contribution in [2.24, 2.45) is 0 Å². The van der Waals surface area contributed by atoms with Gasteiger partial charge in [-0.15, -0.1) is 0 Å². The zero-order valence-electron chi connectivity index (χ0n) is 10.6. The largest absolute Gasteiger partial charge is 0.478 e. The molecule has 19 heavy (non-hydrogen) atoms. The summed E-state index contributed by atoms with van der Waals surface area (Å²) in [7, 11) is 0. The van der Waals surface area contributed by atoms with Crippen LogP contribution in [0.15, 0.2) is 48.1 Å². The molecule has 1 amide bonds. The number of carboxylic acids is 1. The van der Waals surface area contributed by atoms with Crippen LogP contribution in [0.5, 0.6) is 0 Å². The highest BCUT2D eigenvalue weighted by Crippen LogP contribution is 2.05. The maximum Gasteiger partial charge on any atom is 0.335 e. The quantitative estimate of drug-likeness (QED) is 0.426. The highest BCUT2D eigenvalue weighted by atomic mass is 16.4. The van der Waals surface area contributed by atoms with E-state index in [4.69, 9.17) is 10.8 Å². The lowest BCUT2D eigenvalue weighted by atomic mass is 10.2. The van der Waals surface area contributed by atoms with E-state index in [0.29, 0.717) is 11.3 Å². The molecule has 0 radical (unpaired) electrons. The molecule has 0 aliphatic rings. The van der Waals surface area contributed by atoms with Crippen molar-refractivity contribution in [2.75, 3.05) is 12.3 Å². The van der Waals surface area contributed by atoms with Crippen molar-refractivity contribution in [3.63, 3.8) is 0 Å². The molecule has 0 aromatic heterocycles. The summed E-state index contributed by atoms with van der Waals surface area (Å²) in [5.41, 5.74) is 6.80. The lowest BCUT2D eigenvalue weighted by Gasteiger charge is -2.02. The minimum atomic E-state index is -0.997. The van der Waals surface area contributed by atoms with Gasteiger partial charge < -0.3 is 16.2 Å². The van der Waals surface area contributed by atoms with Gasteiger partial charge in [-0.2, -0.15) is 0 Å². The van der Waals surface area contributed by atoms with Gasteiger partial charge in [0.15, 0.2) is 0 Å². The Hall–Kier alpha value is -2.56. The summed E-state index contributed by atoms with van der Waals surface area (Å²) >= 11 is 0. The minimum absolute atomic E-state index is 0.182. The number of anilines is 1. The van der Waals surface area contributed by atoms with Crippen LogP contribution in [0.25, 0.3) is 0 Å². The van der Waals surface area contributed by atoms with E-state index >= 15 is 0 Å². The fourth-order valence-corrected chi connectivity index (χ4v) is 1.37. The SMILES string of the molecule is C/C=C(\C=C/CNC(=O)c1ccc(N)cc1)C(=O)O. The molecular weight excluding hydrogens is 244 g/mol. The molecule has 0 aliphatic carbocycles. The van der Waals surface area contributed by atoms with E-state index in [-0.39, 0.29) is 18.0 Å². The number of carbonyl (C=O) groups excluding carboxylic acids is 1. The summed E-state index contributed by atoms with van der Waals surface area (Å²) in [4.78, 5) is 22.4. The van der Waals surface area contributed by atoms with Gasteiger partial charge in [0.05, 0.1) is 5.57 Å². The van der Waals surface area contributed by atoms with Crippen molar-refractivity contribution in [1.82, 2.24) is 5.32 Å². The molecule has 5 heteroatoms. The van der Waals surface area contributed by atoms with Gasteiger partial charge in [0, 0.05) is 17.8 Å². The number of aliphatic carboxylic acids is 1. The predicted molar refractivity (Wildman–Crippen MR) is 73.7 cm³/mol. The monoisotopic (exact) mass is 260 g/mol. The first-order valence-electron chi connectivity index (χ1n) is 5.74. The zero-order valence-corrected chi connectivity index (χ0v) is 10.6. The van der Waals surface area contributed by atoms with Crippen LogP contribution in [-0.4, -0.2) is 23.5 Å². The number of hydrogen-bond acceptors (Lipinski definition) is 3. The number of benzene rings is 1. The van der Waals surface area contributed by atoms with Gasteiger partial charge in [0.2, 0.25) is 0 Å². The maximum absolute atomic E-state index is 11.7. The molecule has 0 saturated heterocycles. The second-order valence-electron chi connectivity index (χ2n) is 3.78. The number of carboxylic acid groups (broad SMARTS) is 1. The van der Waals surface area contributed by atoms with E-state index in [0.717, 1.165) is 0 Å². The van der Waals surface area contributed by atoms with Crippen LogP contribution in [0.3, 0.4) is 0 Å². The van der Waals surface area contributed by atoms with Gasteiger partial charge in [-0.1, -0.05) is 18.2 Å². The topological polar surface area (TPSA) is 92.4 Å². The van der Waals surface area contributed by atoms with Crippen LogP contribution >= 0.6 is 0 Å². The van der Waals surface area contributed by atoms with E-state index in [9.17, 15) is 9.59 Å². The molecule has 100 valence electrons. The first-order valence-corrected chi connectivity index (χ1v) is 5.74. The number of rotatable bonds is 5. The predicted octanol–water partition coefficient (Wildman–Crippen LogP) is 1.59. The third kappa shape index (κ3) is 4.67. The van der Waals surface area contributed by atoms with Crippen molar-refractivity contribution in [3.8, 4) is 0 Å².